The highest BCUT2D eigenvalue weighted by Crippen LogP contribution is 2.30. The summed E-state index contributed by atoms with van der Waals surface area (Å²) in [5, 5.41) is 4.00. The zero-order chi connectivity index (χ0) is 25.7. The highest BCUT2D eigenvalue weighted by molar-refractivity contribution is 5.94. The van der Waals surface area contributed by atoms with Crippen molar-refractivity contribution in [2.24, 2.45) is 0 Å². The number of carbonyl (C=O) groups is 1. The van der Waals surface area contributed by atoms with E-state index in [1.165, 1.54) is 25.4 Å². The number of ether oxygens (including phenoxy) is 2. The molecule has 0 fully saturated rings. The number of hydrogen-bond donors (Lipinski definition) is 0. The van der Waals surface area contributed by atoms with Crippen LogP contribution in [0, 0.1) is 0 Å². The van der Waals surface area contributed by atoms with Gasteiger partial charge in [0, 0.05) is 30.2 Å². The van der Waals surface area contributed by atoms with E-state index in [1.54, 1.807) is 30.3 Å². The molecule has 2 aromatic heterocycles. The third kappa shape index (κ3) is 5.85. The zero-order valence-electron chi connectivity index (χ0n) is 19.4. The zero-order valence-corrected chi connectivity index (χ0v) is 19.4. The molecule has 36 heavy (non-hydrogen) atoms. The summed E-state index contributed by atoms with van der Waals surface area (Å²) in [4.78, 5) is 19.0. The van der Waals surface area contributed by atoms with Crippen LogP contribution in [-0.2, 0) is 19.1 Å². The molecule has 0 atom stereocenters. The average Bonchev–Trinajstić information content (AvgIpc) is 3.57. The van der Waals surface area contributed by atoms with E-state index in [0.717, 1.165) is 24.3 Å². The summed E-state index contributed by atoms with van der Waals surface area (Å²) in [6.07, 6.45) is -2.80. The standard InChI is InChI=1S/C25H22F3N3O5/c1-33-20-12-17(13-21(14-20)34-2)23-29-22(36-30-23)9-10-31(15-19-4-3-11-35-19)24(32)16-5-7-18(8-6-16)25(26,27)28/h3-8,11-14H,9-10,15H2,1-2H3. The fourth-order valence-corrected chi connectivity index (χ4v) is 3.47. The second-order valence-corrected chi connectivity index (χ2v) is 7.74. The Morgan fingerprint density at radius 1 is 1.03 bits per heavy atom. The molecular weight excluding hydrogens is 479 g/mol. The van der Waals surface area contributed by atoms with Crippen LogP contribution in [-0.4, -0.2) is 41.7 Å². The van der Waals surface area contributed by atoms with Crippen LogP contribution in [0.25, 0.3) is 11.4 Å². The molecule has 0 aliphatic carbocycles. The van der Waals surface area contributed by atoms with Crippen LogP contribution in [0.5, 0.6) is 11.5 Å². The number of rotatable bonds is 9. The Kier molecular flexibility index (Phi) is 7.28. The lowest BCUT2D eigenvalue weighted by atomic mass is 10.1. The van der Waals surface area contributed by atoms with Crippen LogP contribution in [0.1, 0.15) is 27.6 Å². The summed E-state index contributed by atoms with van der Waals surface area (Å²) in [6.45, 7) is 0.268. The lowest BCUT2D eigenvalue weighted by molar-refractivity contribution is -0.137. The van der Waals surface area contributed by atoms with Gasteiger partial charge in [-0.25, -0.2) is 0 Å². The fraction of sp³-hybridized carbons (Fsp3) is 0.240. The normalized spacial score (nSPS) is 11.4. The summed E-state index contributed by atoms with van der Waals surface area (Å²) in [6, 6.07) is 12.6. The smallest absolute Gasteiger partial charge is 0.416 e. The Morgan fingerprint density at radius 3 is 2.31 bits per heavy atom. The van der Waals surface area contributed by atoms with E-state index in [2.05, 4.69) is 10.1 Å². The first kappa shape index (κ1) is 24.8. The van der Waals surface area contributed by atoms with Gasteiger partial charge in [-0.3, -0.25) is 4.79 Å². The molecule has 0 radical (unpaired) electrons. The van der Waals surface area contributed by atoms with Crippen LogP contribution in [0.4, 0.5) is 13.2 Å². The molecule has 2 aromatic carbocycles. The van der Waals surface area contributed by atoms with E-state index >= 15 is 0 Å². The molecule has 0 N–H and O–H groups in total. The second kappa shape index (κ2) is 10.5. The van der Waals surface area contributed by atoms with Gasteiger partial charge in [0.1, 0.15) is 17.3 Å². The average molecular weight is 501 g/mol. The Bertz CT molecular complexity index is 1280. The van der Waals surface area contributed by atoms with Gasteiger partial charge in [-0.2, -0.15) is 18.2 Å². The van der Waals surface area contributed by atoms with Gasteiger partial charge in [0.25, 0.3) is 5.91 Å². The molecule has 11 heteroatoms. The highest BCUT2D eigenvalue weighted by Gasteiger charge is 2.30. The van der Waals surface area contributed by atoms with Crippen LogP contribution >= 0.6 is 0 Å². The molecule has 0 saturated carbocycles. The van der Waals surface area contributed by atoms with Crippen molar-refractivity contribution in [3.8, 4) is 22.9 Å². The van der Waals surface area contributed by atoms with Crippen molar-refractivity contribution in [2.45, 2.75) is 19.1 Å². The van der Waals surface area contributed by atoms with Crippen molar-refractivity contribution in [1.29, 1.82) is 0 Å². The number of nitrogens with zero attached hydrogens (tertiary/aromatic N) is 3. The maximum Gasteiger partial charge on any atom is 0.416 e. The minimum atomic E-state index is -4.49. The van der Waals surface area contributed by atoms with Gasteiger partial charge in [-0.1, -0.05) is 5.16 Å². The predicted molar refractivity (Wildman–Crippen MR) is 121 cm³/mol. The number of alkyl halides is 3. The number of hydrogen-bond acceptors (Lipinski definition) is 7. The van der Waals surface area contributed by atoms with Gasteiger partial charge in [-0.15, -0.1) is 0 Å². The number of halogens is 3. The maximum absolute atomic E-state index is 13.1. The van der Waals surface area contributed by atoms with Gasteiger partial charge in [0.05, 0.1) is 32.6 Å². The Morgan fingerprint density at radius 2 is 1.72 bits per heavy atom. The van der Waals surface area contributed by atoms with E-state index in [4.69, 9.17) is 18.4 Å². The molecule has 188 valence electrons. The monoisotopic (exact) mass is 501 g/mol. The Labute approximate surface area is 204 Å². The largest absolute Gasteiger partial charge is 0.497 e. The molecule has 0 aliphatic heterocycles. The summed E-state index contributed by atoms with van der Waals surface area (Å²) >= 11 is 0. The van der Waals surface area contributed by atoms with Crippen molar-refractivity contribution in [2.75, 3.05) is 20.8 Å². The molecule has 8 nitrogen and oxygen atoms in total. The Hall–Kier alpha value is -4.28. The number of amides is 1. The molecule has 0 spiro atoms. The van der Waals surface area contributed by atoms with E-state index in [9.17, 15) is 18.0 Å². The number of benzene rings is 2. The lowest BCUT2D eigenvalue weighted by Crippen LogP contribution is -2.32. The van der Waals surface area contributed by atoms with Crippen LogP contribution in [0.15, 0.2) is 69.8 Å². The van der Waals surface area contributed by atoms with Crippen molar-refractivity contribution in [3.63, 3.8) is 0 Å². The Balaban J connectivity index is 1.51. The third-order valence-corrected chi connectivity index (χ3v) is 5.35. The number of methoxy groups -OCH3 is 2. The first-order valence-corrected chi connectivity index (χ1v) is 10.8. The van der Waals surface area contributed by atoms with Crippen LogP contribution in [0.2, 0.25) is 0 Å². The predicted octanol–water partition coefficient (Wildman–Crippen LogP) is 5.25. The van der Waals surface area contributed by atoms with Crippen LogP contribution < -0.4 is 9.47 Å². The van der Waals surface area contributed by atoms with E-state index < -0.39 is 17.6 Å². The molecule has 1 amide bonds. The highest BCUT2D eigenvalue weighted by atomic mass is 19.4. The van der Waals surface area contributed by atoms with E-state index in [-0.39, 0.29) is 31.0 Å². The molecule has 2 heterocycles. The second-order valence-electron chi connectivity index (χ2n) is 7.74. The summed E-state index contributed by atoms with van der Waals surface area (Å²) in [5.74, 6) is 1.76. The topological polar surface area (TPSA) is 90.8 Å². The van der Waals surface area contributed by atoms with Gasteiger partial charge >= 0.3 is 6.18 Å². The van der Waals surface area contributed by atoms with E-state index in [1.807, 2.05) is 0 Å². The molecule has 0 aliphatic rings. The van der Waals surface area contributed by atoms with Gasteiger partial charge in [0.15, 0.2) is 0 Å². The van der Waals surface area contributed by atoms with Crippen LogP contribution in [0.3, 0.4) is 0 Å². The minimum absolute atomic E-state index is 0.112. The molecule has 0 saturated heterocycles. The van der Waals surface area contributed by atoms with Crippen molar-refractivity contribution < 1.29 is 36.4 Å². The molecule has 0 unspecified atom stereocenters. The first-order chi connectivity index (χ1) is 17.3. The number of carbonyl (C=O) groups excluding carboxylic acids is 1. The molecule has 4 aromatic rings. The molecule has 0 bridgehead atoms. The summed E-state index contributed by atoms with van der Waals surface area (Å²) in [5.41, 5.74) is -0.0945. The van der Waals surface area contributed by atoms with Gasteiger partial charge < -0.3 is 23.3 Å². The minimum Gasteiger partial charge on any atom is -0.497 e. The SMILES string of the molecule is COc1cc(OC)cc(-c2noc(CCN(Cc3ccco3)C(=O)c3ccc(C(F)(F)F)cc3)n2)c1. The quantitative estimate of drug-likeness (QED) is 0.309. The van der Waals surface area contributed by atoms with Crippen molar-refractivity contribution in [3.05, 3.63) is 83.6 Å². The molecule has 4 rings (SSSR count). The number of furan rings is 1. The van der Waals surface area contributed by atoms with Crippen molar-refractivity contribution in [1.82, 2.24) is 15.0 Å². The number of aromatic nitrogens is 2. The summed E-state index contributed by atoms with van der Waals surface area (Å²) in [7, 11) is 3.06. The van der Waals surface area contributed by atoms with Gasteiger partial charge in [0.2, 0.25) is 11.7 Å². The maximum atomic E-state index is 13.1. The summed E-state index contributed by atoms with van der Waals surface area (Å²) < 4.78 is 60.0. The molecular formula is C25H22F3N3O5. The fourth-order valence-electron chi connectivity index (χ4n) is 3.47. The first-order valence-electron chi connectivity index (χ1n) is 10.8. The van der Waals surface area contributed by atoms with Crippen molar-refractivity contribution >= 4 is 5.91 Å². The van der Waals surface area contributed by atoms with Gasteiger partial charge in [-0.05, 0) is 48.5 Å². The lowest BCUT2D eigenvalue weighted by Gasteiger charge is -2.21. The van der Waals surface area contributed by atoms with E-state index in [0.29, 0.717) is 28.6 Å². The third-order valence-electron chi connectivity index (χ3n) is 5.35.